The molecule has 0 amide bonds. The van der Waals surface area contributed by atoms with E-state index in [0.29, 0.717) is 25.7 Å². The van der Waals surface area contributed by atoms with E-state index in [-0.39, 0.29) is 6.54 Å². The van der Waals surface area contributed by atoms with Crippen molar-refractivity contribution in [3.05, 3.63) is 0 Å². The molecule has 2 nitrogen and oxygen atoms in total. The van der Waals surface area contributed by atoms with Crippen LogP contribution in [0.5, 0.6) is 0 Å². The van der Waals surface area contributed by atoms with Crippen molar-refractivity contribution in [1.29, 1.82) is 0 Å². The number of halogens is 2. The third-order valence-electron chi connectivity index (χ3n) is 1.17. The average molecular weight is 181 g/mol. The minimum atomic E-state index is -2.27. The maximum atomic E-state index is 11.6. The predicted molar refractivity (Wildman–Crippen MR) is 44.5 cm³/mol. The van der Waals surface area contributed by atoms with Gasteiger partial charge in [0, 0.05) is 13.2 Å². The van der Waals surface area contributed by atoms with Crippen LogP contribution in [-0.4, -0.2) is 32.7 Å². The zero-order valence-electron chi connectivity index (χ0n) is 7.65. The van der Waals surface area contributed by atoms with Crippen LogP contribution in [-0.2, 0) is 4.74 Å². The van der Waals surface area contributed by atoms with Crippen LogP contribution >= 0.6 is 0 Å². The Hall–Kier alpha value is -0.220. The van der Waals surface area contributed by atoms with E-state index < -0.39 is 6.43 Å². The Balaban J connectivity index is 2.91. The highest BCUT2D eigenvalue weighted by atomic mass is 19.3. The molecule has 0 bridgehead atoms. The molecule has 1 N–H and O–H groups in total. The summed E-state index contributed by atoms with van der Waals surface area (Å²) in [6.07, 6.45) is -2.27. The second kappa shape index (κ2) is 7.43. The molecule has 0 spiro atoms. The molecule has 0 unspecified atom stereocenters. The smallest absolute Gasteiger partial charge is 0.250 e. The molecule has 0 aliphatic carbocycles. The zero-order chi connectivity index (χ0) is 9.40. The molecule has 0 aliphatic rings. The standard InChI is InChI=1S/C8H17F2NO/c1-7(2)6-12-4-3-11-5-8(9)10/h7-8,11H,3-6H2,1-2H3. The summed E-state index contributed by atoms with van der Waals surface area (Å²) in [6.45, 7) is 5.54. The molecule has 0 saturated carbocycles. The fourth-order valence-electron chi connectivity index (χ4n) is 0.675. The summed E-state index contributed by atoms with van der Waals surface area (Å²) < 4.78 is 28.3. The SMILES string of the molecule is CC(C)COCCNCC(F)F. The molecule has 0 saturated heterocycles. The van der Waals surface area contributed by atoms with Crippen LogP contribution in [0.2, 0.25) is 0 Å². The van der Waals surface area contributed by atoms with Gasteiger partial charge in [0.1, 0.15) is 0 Å². The fourth-order valence-corrected chi connectivity index (χ4v) is 0.675. The first-order chi connectivity index (χ1) is 5.63. The minimum Gasteiger partial charge on any atom is -0.380 e. The summed E-state index contributed by atoms with van der Waals surface area (Å²) in [4.78, 5) is 0. The zero-order valence-corrected chi connectivity index (χ0v) is 7.65. The average Bonchev–Trinajstić information content (AvgIpc) is 1.95. The Morgan fingerprint density at radius 3 is 2.50 bits per heavy atom. The molecule has 4 heteroatoms. The highest BCUT2D eigenvalue weighted by Gasteiger charge is 1.99. The molecule has 0 fully saturated rings. The third-order valence-corrected chi connectivity index (χ3v) is 1.17. The third kappa shape index (κ3) is 9.78. The van der Waals surface area contributed by atoms with Crippen LogP contribution in [0.3, 0.4) is 0 Å². The van der Waals surface area contributed by atoms with E-state index in [4.69, 9.17) is 4.74 Å². The van der Waals surface area contributed by atoms with E-state index in [1.807, 2.05) is 13.8 Å². The highest BCUT2D eigenvalue weighted by Crippen LogP contribution is 1.91. The number of rotatable bonds is 7. The van der Waals surface area contributed by atoms with E-state index >= 15 is 0 Å². The van der Waals surface area contributed by atoms with Gasteiger partial charge in [0.15, 0.2) is 0 Å². The first-order valence-corrected chi connectivity index (χ1v) is 4.19. The Bertz CT molecular complexity index is 87.1. The van der Waals surface area contributed by atoms with E-state index in [1.54, 1.807) is 0 Å². The summed E-state index contributed by atoms with van der Waals surface area (Å²) in [5.41, 5.74) is 0. The lowest BCUT2D eigenvalue weighted by molar-refractivity contribution is 0.103. The molecule has 74 valence electrons. The topological polar surface area (TPSA) is 21.3 Å². The quantitative estimate of drug-likeness (QED) is 0.601. The van der Waals surface area contributed by atoms with Crippen LogP contribution in [0, 0.1) is 5.92 Å². The van der Waals surface area contributed by atoms with Gasteiger partial charge in [-0.05, 0) is 5.92 Å². The summed E-state index contributed by atoms with van der Waals surface area (Å²) in [5.74, 6) is 0.500. The van der Waals surface area contributed by atoms with Gasteiger partial charge in [0.05, 0.1) is 13.2 Å². The summed E-state index contributed by atoms with van der Waals surface area (Å²) in [7, 11) is 0. The van der Waals surface area contributed by atoms with Gasteiger partial charge in [-0.2, -0.15) is 0 Å². The van der Waals surface area contributed by atoms with Gasteiger partial charge < -0.3 is 10.1 Å². The fraction of sp³-hybridized carbons (Fsp3) is 1.00. The second-order valence-electron chi connectivity index (χ2n) is 3.06. The Labute approximate surface area is 72.3 Å². The van der Waals surface area contributed by atoms with Crippen molar-refractivity contribution in [2.45, 2.75) is 20.3 Å². The number of ether oxygens (including phenoxy) is 1. The van der Waals surface area contributed by atoms with Crippen LogP contribution < -0.4 is 5.32 Å². The molecule has 0 aromatic heterocycles. The molecule has 0 aromatic carbocycles. The van der Waals surface area contributed by atoms with Crippen molar-refractivity contribution in [1.82, 2.24) is 5.32 Å². The molecule has 0 aromatic rings. The lowest BCUT2D eigenvalue weighted by atomic mass is 10.2. The number of hydrogen-bond acceptors (Lipinski definition) is 2. The normalized spacial score (nSPS) is 11.5. The molecule has 0 radical (unpaired) electrons. The van der Waals surface area contributed by atoms with Crippen LogP contribution in [0.25, 0.3) is 0 Å². The lowest BCUT2D eigenvalue weighted by Gasteiger charge is -2.07. The Morgan fingerprint density at radius 1 is 1.33 bits per heavy atom. The maximum Gasteiger partial charge on any atom is 0.250 e. The molecule has 12 heavy (non-hydrogen) atoms. The van der Waals surface area contributed by atoms with Gasteiger partial charge >= 0.3 is 0 Å². The van der Waals surface area contributed by atoms with E-state index in [9.17, 15) is 8.78 Å². The predicted octanol–water partition coefficient (Wildman–Crippen LogP) is 1.51. The van der Waals surface area contributed by atoms with Gasteiger partial charge in [-0.15, -0.1) is 0 Å². The summed E-state index contributed by atoms with van der Waals surface area (Å²) >= 11 is 0. The number of alkyl halides is 2. The lowest BCUT2D eigenvalue weighted by Crippen LogP contribution is -2.25. The van der Waals surface area contributed by atoms with Gasteiger partial charge in [-0.1, -0.05) is 13.8 Å². The molecule has 0 rings (SSSR count). The van der Waals surface area contributed by atoms with E-state index in [1.165, 1.54) is 0 Å². The molecular weight excluding hydrogens is 164 g/mol. The first kappa shape index (κ1) is 11.8. The van der Waals surface area contributed by atoms with E-state index in [0.717, 1.165) is 0 Å². The van der Waals surface area contributed by atoms with Gasteiger partial charge in [-0.3, -0.25) is 0 Å². The highest BCUT2D eigenvalue weighted by molar-refractivity contribution is 4.48. The van der Waals surface area contributed by atoms with Crippen molar-refractivity contribution < 1.29 is 13.5 Å². The maximum absolute atomic E-state index is 11.6. The van der Waals surface area contributed by atoms with Gasteiger partial charge in [0.25, 0.3) is 6.43 Å². The monoisotopic (exact) mass is 181 g/mol. The van der Waals surface area contributed by atoms with Crippen LogP contribution in [0.1, 0.15) is 13.8 Å². The molecule has 0 atom stereocenters. The Morgan fingerprint density at radius 2 is 2.00 bits per heavy atom. The van der Waals surface area contributed by atoms with Crippen molar-refractivity contribution in [2.24, 2.45) is 5.92 Å². The van der Waals surface area contributed by atoms with Gasteiger partial charge in [0.2, 0.25) is 0 Å². The molecular formula is C8H17F2NO. The van der Waals surface area contributed by atoms with Gasteiger partial charge in [-0.25, -0.2) is 8.78 Å². The van der Waals surface area contributed by atoms with Crippen LogP contribution in [0.4, 0.5) is 8.78 Å². The number of hydrogen-bond donors (Lipinski definition) is 1. The van der Waals surface area contributed by atoms with Crippen LogP contribution in [0.15, 0.2) is 0 Å². The number of nitrogens with one attached hydrogen (secondary N) is 1. The molecule has 0 heterocycles. The second-order valence-corrected chi connectivity index (χ2v) is 3.06. The minimum absolute atomic E-state index is 0.245. The van der Waals surface area contributed by atoms with Crippen molar-refractivity contribution >= 4 is 0 Å². The van der Waals surface area contributed by atoms with Crippen molar-refractivity contribution in [3.8, 4) is 0 Å². The first-order valence-electron chi connectivity index (χ1n) is 4.19. The summed E-state index contributed by atoms with van der Waals surface area (Å²) in [6, 6.07) is 0. The summed E-state index contributed by atoms with van der Waals surface area (Å²) in [5, 5.41) is 2.58. The largest absolute Gasteiger partial charge is 0.380 e. The van der Waals surface area contributed by atoms with E-state index in [2.05, 4.69) is 5.32 Å². The van der Waals surface area contributed by atoms with Crippen molar-refractivity contribution in [2.75, 3.05) is 26.3 Å². The van der Waals surface area contributed by atoms with Crippen molar-refractivity contribution in [3.63, 3.8) is 0 Å². The Kier molecular flexibility index (Phi) is 7.29. The molecule has 0 aliphatic heterocycles.